The van der Waals surface area contributed by atoms with E-state index in [4.69, 9.17) is 4.74 Å². The van der Waals surface area contributed by atoms with Crippen molar-refractivity contribution in [3.63, 3.8) is 0 Å². The maximum absolute atomic E-state index is 13.3. The Morgan fingerprint density at radius 3 is 2.95 bits per heavy atom. The maximum Gasteiger partial charge on any atom is 0.358 e. The third kappa shape index (κ3) is 2.84. The molecule has 0 fully saturated rings. The Morgan fingerprint density at radius 2 is 2.26 bits per heavy atom. The molecule has 100 valence electrons. The second kappa shape index (κ2) is 5.52. The quantitative estimate of drug-likeness (QED) is 0.879. The topological polar surface area (TPSA) is 55.0 Å². The van der Waals surface area contributed by atoms with Crippen molar-refractivity contribution in [2.75, 3.05) is 6.61 Å². The molecule has 0 radical (unpaired) electrons. The molecule has 1 aromatic heterocycles. The van der Waals surface area contributed by atoms with Crippen molar-refractivity contribution in [1.29, 1.82) is 0 Å². The minimum absolute atomic E-state index is 0.216. The number of rotatable bonds is 3. The Balaban J connectivity index is 2.44. The lowest BCUT2D eigenvalue weighted by molar-refractivity contribution is 0.0519. The van der Waals surface area contributed by atoms with E-state index >= 15 is 0 Å². The van der Waals surface area contributed by atoms with Crippen LogP contribution in [0.15, 0.2) is 22.7 Å². The summed E-state index contributed by atoms with van der Waals surface area (Å²) in [6, 6.07) is 4.28. The third-order valence-electron chi connectivity index (χ3n) is 2.54. The van der Waals surface area contributed by atoms with Crippen molar-refractivity contribution in [1.82, 2.24) is 9.97 Å². The molecule has 1 N–H and O–H groups in total. The number of halogens is 2. The minimum atomic E-state index is -0.491. The van der Waals surface area contributed by atoms with Crippen LogP contribution in [-0.4, -0.2) is 22.5 Å². The summed E-state index contributed by atoms with van der Waals surface area (Å²) >= 11 is 3.33. The number of aromatic amines is 1. The molecule has 0 aliphatic heterocycles. The van der Waals surface area contributed by atoms with E-state index < -0.39 is 5.97 Å². The SMILES string of the molecule is CCOC(=O)c1nc(-c2cc(F)ccc2Br)[nH]c1C. The zero-order chi connectivity index (χ0) is 14.0. The van der Waals surface area contributed by atoms with Crippen LogP contribution in [0.5, 0.6) is 0 Å². The number of nitrogens with one attached hydrogen (secondary N) is 1. The number of nitrogens with zero attached hydrogens (tertiary/aromatic N) is 1. The summed E-state index contributed by atoms with van der Waals surface area (Å²) in [6.07, 6.45) is 0. The average molecular weight is 327 g/mol. The zero-order valence-electron chi connectivity index (χ0n) is 10.5. The molecule has 0 bridgehead atoms. The summed E-state index contributed by atoms with van der Waals surface area (Å²) in [5.41, 5.74) is 1.36. The van der Waals surface area contributed by atoms with Crippen molar-refractivity contribution < 1.29 is 13.9 Å². The lowest BCUT2D eigenvalue weighted by Crippen LogP contribution is -2.06. The zero-order valence-corrected chi connectivity index (χ0v) is 12.0. The maximum atomic E-state index is 13.3. The van der Waals surface area contributed by atoms with Gasteiger partial charge in [-0.2, -0.15) is 0 Å². The van der Waals surface area contributed by atoms with Crippen LogP contribution < -0.4 is 0 Å². The molecule has 6 heteroatoms. The normalized spacial score (nSPS) is 10.5. The van der Waals surface area contributed by atoms with E-state index in [1.807, 2.05) is 0 Å². The van der Waals surface area contributed by atoms with Gasteiger partial charge in [0.25, 0.3) is 0 Å². The molecule has 1 aromatic carbocycles. The molecule has 0 saturated heterocycles. The lowest BCUT2D eigenvalue weighted by atomic mass is 10.2. The van der Waals surface area contributed by atoms with Crippen molar-refractivity contribution >= 4 is 21.9 Å². The molecule has 1 heterocycles. The standard InChI is InChI=1S/C13H12BrFN2O2/c1-3-19-13(18)11-7(2)16-12(17-11)9-6-8(15)4-5-10(9)14/h4-6H,3H2,1-2H3,(H,16,17). The highest BCUT2D eigenvalue weighted by Gasteiger charge is 2.18. The first-order valence-corrected chi connectivity index (χ1v) is 6.51. The first-order valence-electron chi connectivity index (χ1n) is 5.72. The predicted octanol–water partition coefficient (Wildman–Crippen LogP) is 3.46. The summed E-state index contributed by atoms with van der Waals surface area (Å²) in [7, 11) is 0. The predicted molar refractivity (Wildman–Crippen MR) is 72.4 cm³/mol. The Hall–Kier alpha value is -1.69. The van der Waals surface area contributed by atoms with Crippen LogP contribution in [0.2, 0.25) is 0 Å². The molecule has 0 saturated carbocycles. The number of hydrogen-bond donors (Lipinski definition) is 1. The number of aromatic nitrogens is 2. The van der Waals surface area contributed by atoms with Gasteiger partial charge in [-0.3, -0.25) is 0 Å². The van der Waals surface area contributed by atoms with Crippen LogP contribution in [0.4, 0.5) is 4.39 Å². The molecule has 0 unspecified atom stereocenters. The van der Waals surface area contributed by atoms with Crippen LogP contribution in [-0.2, 0) is 4.74 Å². The van der Waals surface area contributed by atoms with Gasteiger partial charge in [0, 0.05) is 15.7 Å². The molecule has 0 aliphatic rings. The van der Waals surface area contributed by atoms with Gasteiger partial charge in [0.1, 0.15) is 11.6 Å². The second-order valence-electron chi connectivity index (χ2n) is 3.90. The number of hydrogen-bond acceptors (Lipinski definition) is 3. The van der Waals surface area contributed by atoms with Crippen molar-refractivity contribution in [3.8, 4) is 11.4 Å². The Bertz CT molecular complexity index is 625. The Labute approximate surface area is 118 Å². The van der Waals surface area contributed by atoms with Gasteiger partial charge < -0.3 is 9.72 Å². The number of H-pyrrole nitrogens is 1. The van der Waals surface area contributed by atoms with Crippen molar-refractivity contribution in [3.05, 3.63) is 39.9 Å². The van der Waals surface area contributed by atoms with Gasteiger partial charge in [0.2, 0.25) is 0 Å². The largest absolute Gasteiger partial charge is 0.461 e. The van der Waals surface area contributed by atoms with Crippen molar-refractivity contribution in [2.24, 2.45) is 0 Å². The van der Waals surface area contributed by atoms with Gasteiger partial charge in [-0.15, -0.1) is 0 Å². The average Bonchev–Trinajstić information content (AvgIpc) is 2.74. The Kier molecular flexibility index (Phi) is 3.99. The number of carbonyl (C=O) groups is 1. The first-order chi connectivity index (χ1) is 9.02. The number of ether oxygens (including phenoxy) is 1. The van der Waals surface area contributed by atoms with E-state index in [1.54, 1.807) is 19.9 Å². The highest BCUT2D eigenvalue weighted by molar-refractivity contribution is 9.10. The van der Waals surface area contributed by atoms with E-state index in [1.165, 1.54) is 12.1 Å². The highest BCUT2D eigenvalue weighted by atomic mass is 79.9. The Morgan fingerprint density at radius 1 is 1.53 bits per heavy atom. The fraction of sp³-hybridized carbons (Fsp3) is 0.231. The molecular weight excluding hydrogens is 315 g/mol. The molecule has 0 aliphatic carbocycles. The second-order valence-corrected chi connectivity index (χ2v) is 4.76. The van der Waals surface area contributed by atoms with E-state index in [-0.39, 0.29) is 18.1 Å². The molecular formula is C13H12BrFN2O2. The van der Waals surface area contributed by atoms with Gasteiger partial charge in [-0.1, -0.05) is 15.9 Å². The van der Waals surface area contributed by atoms with Crippen LogP contribution in [0.3, 0.4) is 0 Å². The van der Waals surface area contributed by atoms with E-state index in [9.17, 15) is 9.18 Å². The molecule has 0 atom stereocenters. The number of imidazole rings is 1. The van der Waals surface area contributed by atoms with Gasteiger partial charge in [-0.05, 0) is 32.0 Å². The fourth-order valence-electron chi connectivity index (χ4n) is 1.67. The number of esters is 1. The molecule has 0 spiro atoms. The highest BCUT2D eigenvalue weighted by Crippen LogP contribution is 2.27. The van der Waals surface area contributed by atoms with Gasteiger partial charge >= 0.3 is 5.97 Å². The molecule has 2 aromatic rings. The van der Waals surface area contributed by atoms with Gasteiger partial charge in [-0.25, -0.2) is 14.2 Å². The minimum Gasteiger partial charge on any atom is -0.461 e. The summed E-state index contributed by atoms with van der Waals surface area (Å²) in [5, 5.41) is 0. The summed E-state index contributed by atoms with van der Waals surface area (Å²) in [4.78, 5) is 18.8. The van der Waals surface area contributed by atoms with E-state index in [0.29, 0.717) is 21.6 Å². The van der Waals surface area contributed by atoms with Gasteiger partial charge in [0.05, 0.1) is 6.61 Å². The van der Waals surface area contributed by atoms with Gasteiger partial charge in [0.15, 0.2) is 5.69 Å². The fourth-order valence-corrected chi connectivity index (χ4v) is 2.10. The van der Waals surface area contributed by atoms with Crippen LogP contribution in [0.1, 0.15) is 23.1 Å². The number of carbonyl (C=O) groups excluding carboxylic acids is 1. The summed E-state index contributed by atoms with van der Waals surface area (Å²) in [6.45, 7) is 3.73. The monoisotopic (exact) mass is 326 g/mol. The smallest absolute Gasteiger partial charge is 0.358 e. The first kappa shape index (κ1) is 13.7. The van der Waals surface area contributed by atoms with Crippen LogP contribution >= 0.6 is 15.9 Å². The summed E-state index contributed by atoms with van der Waals surface area (Å²) < 4.78 is 18.9. The van der Waals surface area contributed by atoms with Crippen LogP contribution in [0, 0.1) is 12.7 Å². The summed E-state index contributed by atoms with van der Waals surface area (Å²) in [5.74, 6) is -0.438. The van der Waals surface area contributed by atoms with E-state index in [0.717, 1.165) is 0 Å². The molecule has 19 heavy (non-hydrogen) atoms. The van der Waals surface area contributed by atoms with E-state index in [2.05, 4.69) is 25.9 Å². The van der Waals surface area contributed by atoms with Crippen LogP contribution in [0.25, 0.3) is 11.4 Å². The lowest BCUT2D eigenvalue weighted by Gasteiger charge is -2.00. The third-order valence-corrected chi connectivity index (χ3v) is 3.23. The molecule has 2 rings (SSSR count). The molecule has 0 amide bonds. The molecule has 4 nitrogen and oxygen atoms in total. The van der Waals surface area contributed by atoms with Crippen molar-refractivity contribution in [2.45, 2.75) is 13.8 Å². The number of aryl methyl sites for hydroxylation is 1. The number of benzene rings is 1.